The molecule has 160 valence electrons. The zero-order valence-corrected chi connectivity index (χ0v) is 17.6. The molecule has 1 saturated heterocycles. The summed E-state index contributed by atoms with van der Waals surface area (Å²) >= 11 is 0. The molecule has 4 aromatic rings. The van der Waals surface area contributed by atoms with Crippen LogP contribution in [0.15, 0.2) is 60.8 Å². The molecule has 1 aliphatic carbocycles. The Kier molecular flexibility index (Phi) is 4.36. The largest absolute Gasteiger partial charge is 0.508 e. The molecule has 2 aromatic carbocycles. The van der Waals surface area contributed by atoms with Crippen molar-refractivity contribution in [2.45, 2.75) is 30.6 Å². The Hall–Kier alpha value is -3.51. The Bertz CT molecular complexity index is 1320. The smallest absolute Gasteiger partial charge is 0.171 e. The number of carbonyl (C=O) groups is 1. The van der Waals surface area contributed by atoms with Crippen LogP contribution in [0.2, 0.25) is 0 Å². The van der Waals surface area contributed by atoms with Crippen molar-refractivity contribution in [3.05, 3.63) is 77.5 Å². The van der Waals surface area contributed by atoms with E-state index in [0.29, 0.717) is 16.9 Å². The molecule has 0 saturated carbocycles. The van der Waals surface area contributed by atoms with E-state index in [1.54, 1.807) is 18.3 Å². The van der Waals surface area contributed by atoms with Gasteiger partial charge in [-0.05, 0) is 79.2 Å². The fourth-order valence-electron chi connectivity index (χ4n) is 5.61. The number of carbonyl (C=O) groups excluding carboxylic acids is 1. The van der Waals surface area contributed by atoms with Crippen molar-refractivity contribution in [1.82, 2.24) is 20.5 Å². The van der Waals surface area contributed by atoms with Crippen LogP contribution in [-0.4, -0.2) is 39.2 Å². The number of pyridine rings is 1. The van der Waals surface area contributed by atoms with Gasteiger partial charge in [0, 0.05) is 22.4 Å². The number of hydrogen-bond donors (Lipinski definition) is 3. The van der Waals surface area contributed by atoms with Gasteiger partial charge in [0.05, 0.1) is 11.9 Å². The van der Waals surface area contributed by atoms with Crippen molar-refractivity contribution in [2.24, 2.45) is 0 Å². The molecule has 1 unspecified atom stereocenters. The molecule has 32 heavy (non-hydrogen) atoms. The lowest BCUT2D eigenvalue weighted by molar-refractivity contribution is 0.0948. The molecule has 6 nitrogen and oxygen atoms in total. The van der Waals surface area contributed by atoms with Gasteiger partial charge in [-0.25, -0.2) is 4.98 Å². The molecular formula is C26H24N4O2. The molecule has 2 aliphatic rings. The number of piperidine rings is 1. The van der Waals surface area contributed by atoms with Crippen LogP contribution in [0.3, 0.4) is 0 Å². The highest BCUT2D eigenvalue weighted by Crippen LogP contribution is 2.52. The quantitative estimate of drug-likeness (QED) is 0.426. The van der Waals surface area contributed by atoms with Crippen LogP contribution >= 0.6 is 0 Å². The number of aromatic amines is 1. The van der Waals surface area contributed by atoms with Gasteiger partial charge < -0.3 is 10.4 Å². The molecule has 3 N–H and O–H groups in total. The molecule has 1 aliphatic heterocycles. The third kappa shape index (κ3) is 2.94. The minimum Gasteiger partial charge on any atom is -0.508 e. The van der Waals surface area contributed by atoms with Crippen molar-refractivity contribution < 1.29 is 9.90 Å². The van der Waals surface area contributed by atoms with Crippen molar-refractivity contribution in [3.8, 4) is 17.0 Å². The molecule has 2 aromatic heterocycles. The number of hydrogen-bond acceptors (Lipinski definition) is 5. The van der Waals surface area contributed by atoms with Gasteiger partial charge in [-0.1, -0.05) is 24.3 Å². The zero-order chi connectivity index (χ0) is 21.7. The molecule has 1 spiro atoms. The Morgan fingerprint density at radius 2 is 1.84 bits per heavy atom. The fourth-order valence-corrected chi connectivity index (χ4v) is 5.61. The maximum Gasteiger partial charge on any atom is 0.171 e. The number of aromatic hydroxyl groups is 1. The molecular weight excluding hydrogens is 400 g/mol. The number of nitrogens with one attached hydrogen (secondary N) is 2. The SMILES string of the molecule is O=C(c1cc(-c2ccc(O)cc2)nc2[nH]ncc12)C1CC2(CCNCC2)c2ccccc21. The standard InChI is InChI=1S/C26H24N4O2/c31-17-7-5-16(6-8-17)23-13-19(21-15-28-30-25(21)29-23)24(32)20-14-26(9-11-27-12-10-26)22-4-2-1-3-18(20)22/h1-8,13,15,20,27,31H,9-12,14H2,(H,28,29,30). The monoisotopic (exact) mass is 424 g/mol. The van der Waals surface area contributed by atoms with E-state index in [-0.39, 0.29) is 22.9 Å². The van der Waals surface area contributed by atoms with Crippen LogP contribution in [-0.2, 0) is 5.41 Å². The number of Topliss-reactive ketones (excluding diaryl/α,β-unsaturated/α-hetero) is 1. The second-order valence-corrected chi connectivity index (χ2v) is 8.97. The van der Waals surface area contributed by atoms with Crippen molar-refractivity contribution in [1.29, 1.82) is 0 Å². The average Bonchev–Trinajstić information content (AvgIpc) is 3.43. The van der Waals surface area contributed by atoms with E-state index >= 15 is 0 Å². The van der Waals surface area contributed by atoms with Crippen LogP contribution in [0.5, 0.6) is 5.75 Å². The predicted octanol–water partition coefficient (Wildman–Crippen LogP) is 4.32. The highest BCUT2D eigenvalue weighted by Gasteiger charge is 2.46. The first-order chi connectivity index (χ1) is 15.6. The lowest BCUT2D eigenvalue weighted by atomic mass is 9.73. The number of aromatic nitrogens is 3. The summed E-state index contributed by atoms with van der Waals surface area (Å²) in [6.07, 6.45) is 4.66. The molecule has 0 amide bonds. The first kappa shape index (κ1) is 19.2. The van der Waals surface area contributed by atoms with Gasteiger partial charge >= 0.3 is 0 Å². The second-order valence-electron chi connectivity index (χ2n) is 8.97. The maximum absolute atomic E-state index is 14.1. The van der Waals surface area contributed by atoms with Crippen molar-refractivity contribution in [3.63, 3.8) is 0 Å². The Labute approximate surface area is 185 Å². The number of ketones is 1. The summed E-state index contributed by atoms with van der Waals surface area (Å²) in [5.74, 6) is 0.154. The van der Waals surface area contributed by atoms with E-state index < -0.39 is 0 Å². The van der Waals surface area contributed by atoms with E-state index in [2.05, 4.69) is 38.7 Å². The molecule has 3 heterocycles. The summed E-state index contributed by atoms with van der Waals surface area (Å²) in [6, 6.07) is 17.2. The van der Waals surface area contributed by atoms with Gasteiger partial charge in [0.1, 0.15) is 5.75 Å². The summed E-state index contributed by atoms with van der Waals surface area (Å²) in [5.41, 5.74) is 5.36. The number of phenolic OH excluding ortho intramolecular Hbond substituents is 1. The number of H-pyrrole nitrogens is 1. The molecule has 1 fully saturated rings. The minimum atomic E-state index is -0.169. The lowest BCUT2D eigenvalue weighted by Crippen LogP contribution is -2.38. The normalized spacial score (nSPS) is 19.3. The summed E-state index contributed by atoms with van der Waals surface area (Å²) in [5, 5.41) is 21.0. The highest BCUT2D eigenvalue weighted by atomic mass is 16.3. The molecule has 1 atom stereocenters. The van der Waals surface area contributed by atoms with Gasteiger partial charge in [0.15, 0.2) is 11.4 Å². The molecule has 6 heteroatoms. The van der Waals surface area contributed by atoms with E-state index in [4.69, 9.17) is 0 Å². The van der Waals surface area contributed by atoms with Crippen molar-refractivity contribution in [2.75, 3.05) is 13.1 Å². The fraction of sp³-hybridized carbons (Fsp3) is 0.269. The van der Waals surface area contributed by atoms with Gasteiger partial charge in [-0.2, -0.15) is 5.10 Å². The number of nitrogens with zero attached hydrogens (tertiary/aromatic N) is 2. The summed E-state index contributed by atoms with van der Waals surface area (Å²) in [7, 11) is 0. The minimum absolute atomic E-state index is 0.0739. The Morgan fingerprint density at radius 3 is 2.66 bits per heavy atom. The van der Waals surface area contributed by atoms with Crippen molar-refractivity contribution >= 4 is 16.8 Å². The van der Waals surface area contributed by atoms with E-state index in [1.807, 2.05) is 24.3 Å². The third-order valence-corrected chi connectivity index (χ3v) is 7.23. The van der Waals surface area contributed by atoms with E-state index in [0.717, 1.165) is 43.3 Å². The highest BCUT2D eigenvalue weighted by molar-refractivity contribution is 6.11. The maximum atomic E-state index is 14.1. The van der Waals surface area contributed by atoms with Gasteiger partial charge in [-0.15, -0.1) is 0 Å². The topological polar surface area (TPSA) is 90.9 Å². The number of benzene rings is 2. The molecule has 0 radical (unpaired) electrons. The van der Waals surface area contributed by atoms with Gasteiger partial charge in [-0.3, -0.25) is 9.89 Å². The van der Waals surface area contributed by atoms with Crippen LogP contribution in [0.1, 0.15) is 46.7 Å². The Balaban J connectivity index is 1.46. The van der Waals surface area contributed by atoms with Crippen LogP contribution < -0.4 is 5.32 Å². The second kappa shape index (κ2) is 7.28. The van der Waals surface area contributed by atoms with E-state index in [9.17, 15) is 9.90 Å². The Morgan fingerprint density at radius 1 is 1.06 bits per heavy atom. The van der Waals surface area contributed by atoms with Gasteiger partial charge in [0.2, 0.25) is 0 Å². The first-order valence-electron chi connectivity index (χ1n) is 11.1. The molecule has 0 bridgehead atoms. The van der Waals surface area contributed by atoms with Crippen LogP contribution in [0.4, 0.5) is 0 Å². The van der Waals surface area contributed by atoms with Crippen LogP contribution in [0.25, 0.3) is 22.3 Å². The zero-order valence-electron chi connectivity index (χ0n) is 17.6. The van der Waals surface area contributed by atoms with Gasteiger partial charge in [0.25, 0.3) is 0 Å². The number of phenols is 1. The summed E-state index contributed by atoms with van der Waals surface area (Å²) in [4.78, 5) is 18.7. The van der Waals surface area contributed by atoms with E-state index in [1.165, 1.54) is 11.1 Å². The average molecular weight is 425 g/mol. The summed E-state index contributed by atoms with van der Waals surface area (Å²) in [6.45, 7) is 1.98. The molecule has 6 rings (SSSR count). The number of fused-ring (bicyclic) bond motifs is 3. The predicted molar refractivity (Wildman–Crippen MR) is 123 cm³/mol. The summed E-state index contributed by atoms with van der Waals surface area (Å²) < 4.78 is 0. The third-order valence-electron chi connectivity index (χ3n) is 7.23. The number of rotatable bonds is 3. The lowest BCUT2D eigenvalue weighted by Gasteiger charge is -2.35. The van der Waals surface area contributed by atoms with Crippen LogP contribution in [0, 0.1) is 0 Å². The first-order valence-corrected chi connectivity index (χ1v) is 11.1.